The average molecular weight is 389 g/mol. The largest absolute Gasteiger partial charge is 0.505 e. The van der Waals surface area contributed by atoms with Crippen molar-refractivity contribution in [1.82, 2.24) is 0 Å². The smallest absolute Gasteiger partial charge is 0.146 e. The van der Waals surface area contributed by atoms with Gasteiger partial charge in [-0.15, -0.1) is 10.2 Å². The molecule has 0 aliphatic rings. The van der Waals surface area contributed by atoms with Gasteiger partial charge in [0, 0.05) is 4.47 Å². The summed E-state index contributed by atoms with van der Waals surface area (Å²) >= 11 is 3.47. The molecule has 0 fully saturated rings. The number of hydrogen-bond donors (Lipinski definition) is 1. The Kier molecular flexibility index (Phi) is 6.16. The monoisotopic (exact) mass is 388 g/mol. The molecule has 0 saturated carbocycles. The highest BCUT2D eigenvalue weighted by Crippen LogP contribution is 2.38. The topological polar surface area (TPSA) is 45.0 Å². The average Bonchev–Trinajstić information content (AvgIpc) is 2.53. The van der Waals surface area contributed by atoms with Gasteiger partial charge in [0.2, 0.25) is 0 Å². The minimum atomic E-state index is -0.00767. The lowest BCUT2D eigenvalue weighted by atomic mass is 9.85. The Morgan fingerprint density at radius 3 is 2.33 bits per heavy atom. The van der Waals surface area contributed by atoms with Crippen molar-refractivity contribution in [2.45, 2.75) is 52.4 Å². The highest BCUT2D eigenvalue weighted by Gasteiger charge is 2.18. The van der Waals surface area contributed by atoms with E-state index in [0.717, 1.165) is 40.5 Å². The molecule has 0 heterocycles. The summed E-state index contributed by atoms with van der Waals surface area (Å²) in [5.74, 6) is 0.243. The summed E-state index contributed by atoms with van der Waals surface area (Å²) in [6, 6.07) is 11.7. The molecule has 0 aliphatic heterocycles. The number of phenols is 1. The van der Waals surface area contributed by atoms with Gasteiger partial charge >= 0.3 is 0 Å². The molecule has 0 amide bonds. The van der Waals surface area contributed by atoms with Gasteiger partial charge in [0.25, 0.3) is 0 Å². The van der Waals surface area contributed by atoms with Crippen LogP contribution in [0.4, 0.5) is 11.4 Å². The fraction of sp³-hybridized carbons (Fsp3) is 0.400. The molecular formula is C20H25BrN2O. The molecule has 0 aromatic heterocycles. The van der Waals surface area contributed by atoms with E-state index in [0.29, 0.717) is 5.69 Å². The summed E-state index contributed by atoms with van der Waals surface area (Å²) in [5, 5.41) is 19.2. The van der Waals surface area contributed by atoms with Gasteiger partial charge in [-0.2, -0.15) is 0 Å². The SMILES string of the molecule is CCCCc1cc(C(C)(C)C)cc(N=Nc2ccccc2Br)c1O. The Labute approximate surface area is 153 Å². The van der Waals surface area contributed by atoms with Crippen LogP contribution in [0.1, 0.15) is 51.7 Å². The second kappa shape index (κ2) is 7.93. The van der Waals surface area contributed by atoms with Crippen molar-refractivity contribution in [3.05, 3.63) is 52.0 Å². The summed E-state index contributed by atoms with van der Waals surface area (Å²) in [7, 11) is 0. The Balaban J connectivity index is 2.46. The zero-order chi connectivity index (χ0) is 17.7. The lowest BCUT2D eigenvalue weighted by Gasteiger charge is -2.21. The number of rotatable bonds is 5. The number of phenolic OH excluding ortho intramolecular Hbond substituents is 1. The van der Waals surface area contributed by atoms with Crippen LogP contribution in [0.3, 0.4) is 0 Å². The molecule has 0 atom stereocenters. The summed E-state index contributed by atoms with van der Waals surface area (Å²) in [6.07, 6.45) is 2.98. The summed E-state index contributed by atoms with van der Waals surface area (Å²) in [6.45, 7) is 8.64. The van der Waals surface area contributed by atoms with E-state index in [-0.39, 0.29) is 11.2 Å². The maximum atomic E-state index is 10.6. The first-order chi connectivity index (χ1) is 11.3. The molecule has 2 aromatic rings. The minimum absolute atomic E-state index is 0.00767. The van der Waals surface area contributed by atoms with Crippen molar-refractivity contribution < 1.29 is 5.11 Å². The van der Waals surface area contributed by atoms with Gasteiger partial charge in [-0.25, -0.2) is 0 Å². The molecule has 128 valence electrons. The lowest BCUT2D eigenvalue weighted by molar-refractivity contribution is 0.466. The fourth-order valence-electron chi connectivity index (χ4n) is 2.39. The lowest BCUT2D eigenvalue weighted by Crippen LogP contribution is -2.11. The van der Waals surface area contributed by atoms with Crippen LogP contribution in [0.2, 0.25) is 0 Å². The van der Waals surface area contributed by atoms with Crippen molar-refractivity contribution in [2.24, 2.45) is 10.2 Å². The first-order valence-corrected chi connectivity index (χ1v) is 9.15. The fourth-order valence-corrected chi connectivity index (χ4v) is 2.75. The summed E-state index contributed by atoms with van der Waals surface area (Å²) in [5.41, 5.74) is 3.38. The second-order valence-electron chi connectivity index (χ2n) is 7.01. The Morgan fingerprint density at radius 1 is 1.04 bits per heavy atom. The normalized spacial score (nSPS) is 12.0. The molecule has 0 aliphatic carbocycles. The van der Waals surface area contributed by atoms with E-state index in [1.807, 2.05) is 30.3 Å². The zero-order valence-corrected chi connectivity index (χ0v) is 16.4. The first-order valence-electron chi connectivity index (χ1n) is 8.35. The Hall–Kier alpha value is -1.68. The molecule has 0 saturated heterocycles. The molecule has 24 heavy (non-hydrogen) atoms. The van der Waals surface area contributed by atoms with Crippen molar-refractivity contribution >= 4 is 27.3 Å². The van der Waals surface area contributed by atoms with Gasteiger partial charge < -0.3 is 5.11 Å². The Bertz CT molecular complexity index is 733. The maximum absolute atomic E-state index is 10.6. The molecule has 0 spiro atoms. The molecule has 0 bridgehead atoms. The molecular weight excluding hydrogens is 364 g/mol. The molecule has 1 N–H and O–H groups in total. The highest BCUT2D eigenvalue weighted by molar-refractivity contribution is 9.10. The molecule has 2 aromatic carbocycles. The number of azo groups is 1. The maximum Gasteiger partial charge on any atom is 0.146 e. The van der Waals surface area contributed by atoms with E-state index < -0.39 is 0 Å². The van der Waals surface area contributed by atoms with E-state index >= 15 is 0 Å². The van der Waals surface area contributed by atoms with Crippen molar-refractivity contribution in [1.29, 1.82) is 0 Å². The highest BCUT2D eigenvalue weighted by atomic mass is 79.9. The quantitative estimate of drug-likeness (QED) is 0.540. The minimum Gasteiger partial charge on any atom is -0.505 e. The van der Waals surface area contributed by atoms with Crippen LogP contribution >= 0.6 is 15.9 Å². The van der Waals surface area contributed by atoms with E-state index in [1.165, 1.54) is 0 Å². The third kappa shape index (κ3) is 4.67. The molecule has 0 unspecified atom stereocenters. The zero-order valence-electron chi connectivity index (χ0n) is 14.8. The number of halogens is 1. The number of benzene rings is 2. The van der Waals surface area contributed by atoms with Crippen molar-refractivity contribution in [3.63, 3.8) is 0 Å². The number of aromatic hydroxyl groups is 1. The number of unbranched alkanes of at least 4 members (excludes halogenated alkanes) is 1. The Morgan fingerprint density at radius 2 is 1.71 bits per heavy atom. The van der Waals surface area contributed by atoms with Gasteiger partial charge in [-0.3, -0.25) is 0 Å². The van der Waals surface area contributed by atoms with Gasteiger partial charge in [-0.05, 0) is 63.5 Å². The van der Waals surface area contributed by atoms with Crippen LogP contribution in [0.5, 0.6) is 5.75 Å². The van der Waals surface area contributed by atoms with Gasteiger partial charge in [0.1, 0.15) is 11.4 Å². The summed E-state index contributed by atoms with van der Waals surface area (Å²) in [4.78, 5) is 0. The predicted molar refractivity (Wildman–Crippen MR) is 104 cm³/mol. The van der Waals surface area contributed by atoms with Crippen LogP contribution in [0.25, 0.3) is 0 Å². The molecule has 0 radical (unpaired) electrons. The van der Waals surface area contributed by atoms with Crippen molar-refractivity contribution in [2.75, 3.05) is 0 Å². The van der Waals surface area contributed by atoms with E-state index in [9.17, 15) is 5.11 Å². The molecule has 4 heteroatoms. The van der Waals surface area contributed by atoms with Crippen LogP contribution in [0.15, 0.2) is 51.1 Å². The molecule has 2 rings (SSSR count). The van der Waals surface area contributed by atoms with Crippen LogP contribution < -0.4 is 0 Å². The second-order valence-corrected chi connectivity index (χ2v) is 7.86. The van der Waals surface area contributed by atoms with E-state index in [1.54, 1.807) is 0 Å². The van der Waals surface area contributed by atoms with Crippen LogP contribution in [-0.2, 0) is 11.8 Å². The third-order valence-corrected chi connectivity index (χ3v) is 4.62. The van der Waals surface area contributed by atoms with Gasteiger partial charge in [0.05, 0.1) is 5.69 Å². The van der Waals surface area contributed by atoms with Crippen LogP contribution in [-0.4, -0.2) is 5.11 Å². The number of hydrogen-bond acceptors (Lipinski definition) is 3. The molecule has 3 nitrogen and oxygen atoms in total. The van der Waals surface area contributed by atoms with Gasteiger partial charge in [0.15, 0.2) is 0 Å². The summed E-state index contributed by atoms with van der Waals surface area (Å²) < 4.78 is 0.881. The number of aryl methyl sites for hydroxylation is 1. The van der Waals surface area contributed by atoms with E-state index in [4.69, 9.17) is 0 Å². The predicted octanol–water partition coefficient (Wildman–Crippen LogP) is 7.21. The van der Waals surface area contributed by atoms with Gasteiger partial charge in [-0.1, -0.05) is 52.3 Å². The standard InChI is InChI=1S/C20H25BrN2O/c1-5-6-9-14-12-15(20(2,3)4)13-18(19(14)24)23-22-17-11-8-7-10-16(17)21/h7-8,10-13,24H,5-6,9H2,1-4H3. The first kappa shape index (κ1) is 18.7. The van der Waals surface area contributed by atoms with Crippen LogP contribution in [0, 0.1) is 0 Å². The third-order valence-electron chi connectivity index (χ3n) is 3.95. The van der Waals surface area contributed by atoms with E-state index in [2.05, 4.69) is 59.9 Å². The number of nitrogens with zero attached hydrogens (tertiary/aromatic N) is 2. The van der Waals surface area contributed by atoms with Crippen molar-refractivity contribution in [3.8, 4) is 5.75 Å².